The number of halogens is 3. The Hall–Kier alpha value is -2.09. The summed E-state index contributed by atoms with van der Waals surface area (Å²) in [5, 5.41) is 2.19. The number of hydrogen-bond acceptors (Lipinski definition) is 3. The number of nitrogens with zero attached hydrogens (tertiary/aromatic N) is 1. The predicted molar refractivity (Wildman–Crippen MR) is 91.8 cm³/mol. The van der Waals surface area contributed by atoms with Crippen LogP contribution in [0.1, 0.15) is 39.0 Å². The van der Waals surface area contributed by atoms with Gasteiger partial charge >= 0.3 is 0 Å². The molecule has 0 heterocycles. The standard InChI is InChI=1S/C18H24F3N3O2/c1-2-8-24(18(26)11-4-3-5-12(22)9-11)10-15(25)23-14-7-6-13(19)16(20)17(14)21/h6-7,11-12H,2-5,8-10,22H2,1H3,(H,23,25). The molecule has 2 rings (SSSR count). The summed E-state index contributed by atoms with van der Waals surface area (Å²) in [5.41, 5.74) is 5.46. The highest BCUT2D eigenvalue weighted by Gasteiger charge is 2.29. The molecule has 1 fully saturated rings. The van der Waals surface area contributed by atoms with Crippen LogP contribution in [-0.2, 0) is 9.59 Å². The van der Waals surface area contributed by atoms with Crippen molar-refractivity contribution in [2.75, 3.05) is 18.4 Å². The number of hydrogen-bond donors (Lipinski definition) is 2. The molecule has 26 heavy (non-hydrogen) atoms. The quantitative estimate of drug-likeness (QED) is 0.755. The van der Waals surface area contributed by atoms with E-state index in [0.29, 0.717) is 19.4 Å². The van der Waals surface area contributed by atoms with Gasteiger partial charge in [0.05, 0.1) is 12.2 Å². The Kier molecular flexibility index (Phi) is 7.02. The molecule has 144 valence electrons. The van der Waals surface area contributed by atoms with E-state index in [1.807, 2.05) is 6.92 Å². The molecule has 3 N–H and O–H groups in total. The molecule has 0 spiro atoms. The van der Waals surface area contributed by atoms with Crippen LogP contribution < -0.4 is 11.1 Å². The van der Waals surface area contributed by atoms with E-state index in [-0.39, 0.29) is 24.4 Å². The first kappa shape index (κ1) is 20.2. The largest absolute Gasteiger partial charge is 0.333 e. The summed E-state index contributed by atoms with van der Waals surface area (Å²) >= 11 is 0. The molecular weight excluding hydrogens is 347 g/mol. The number of rotatable bonds is 6. The highest BCUT2D eigenvalue weighted by atomic mass is 19.2. The van der Waals surface area contributed by atoms with Crippen molar-refractivity contribution < 1.29 is 22.8 Å². The van der Waals surface area contributed by atoms with E-state index in [1.165, 1.54) is 4.90 Å². The van der Waals surface area contributed by atoms with Crippen LogP contribution in [0.3, 0.4) is 0 Å². The minimum atomic E-state index is -1.65. The molecule has 1 aliphatic carbocycles. The van der Waals surface area contributed by atoms with Gasteiger partial charge in [-0.1, -0.05) is 13.3 Å². The van der Waals surface area contributed by atoms with Crippen molar-refractivity contribution in [1.29, 1.82) is 0 Å². The zero-order valence-corrected chi connectivity index (χ0v) is 14.7. The van der Waals surface area contributed by atoms with Crippen molar-refractivity contribution in [3.05, 3.63) is 29.6 Å². The van der Waals surface area contributed by atoms with Gasteiger partial charge in [-0.25, -0.2) is 13.2 Å². The molecule has 8 heteroatoms. The fourth-order valence-electron chi connectivity index (χ4n) is 3.23. The topological polar surface area (TPSA) is 75.4 Å². The highest BCUT2D eigenvalue weighted by Crippen LogP contribution is 2.25. The summed E-state index contributed by atoms with van der Waals surface area (Å²) in [6.07, 6.45) is 3.71. The molecule has 1 aromatic carbocycles. The zero-order chi connectivity index (χ0) is 19.3. The lowest BCUT2D eigenvalue weighted by molar-refractivity contribution is -0.139. The number of nitrogens with two attached hydrogens (primary N) is 1. The van der Waals surface area contributed by atoms with E-state index in [0.717, 1.165) is 31.4 Å². The lowest BCUT2D eigenvalue weighted by atomic mass is 9.85. The Morgan fingerprint density at radius 1 is 1.23 bits per heavy atom. The number of benzene rings is 1. The van der Waals surface area contributed by atoms with E-state index in [2.05, 4.69) is 5.32 Å². The number of amides is 2. The van der Waals surface area contributed by atoms with E-state index in [1.54, 1.807) is 0 Å². The molecule has 5 nitrogen and oxygen atoms in total. The highest BCUT2D eigenvalue weighted by molar-refractivity contribution is 5.95. The van der Waals surface area contributed by atoms with Gasteiger partial charge < -0.3 is 16.0 Å². The Labute approximate surface area is 150 Å². The van der Waals surface area contributed by atoms with Gasteiger partial charge in [0, 0.05) is 18.5 Å². The number of nitrogens with one attached hydrogen (secondary N) is 1. The molecule has 2 unspecified atom stereocenters. The third-order valence-corrected chi connectivity index (χ3v) is 4.51. The first-order chi connectivity index (χ1) is 12.3. The Balaban J connectivity index is 2.03. The lowest BCUT2D eigenvalue weighted by Crippen LogP contribution is -2.44. The summed E-state index contributed by atoms with van der Waals surface area (Å²) in [6.45, 7) is 1.97. The maximum absolute atomic E-state index is 13.7. The molecule has 0 saturated heterocycles. The second-order valence-electron chi connectivity index (χ2n) is 6.65. The van der Waals surface area contributed by atoms with Crippen LogP contribution >= 0.6 is 0 Å². The lowest BCUT2D eigenvalue weighted by Gasteiger charge is -2.31. The monoisotopic (exact) mass is 371 g/mol. The van der Waals surface area contributed by atoms with E-state index >= 15 is 0 Å². The maximum atomic E-state index is 13.7. The minimum Gasteiger partial charge on any atom is -0.333 e. The average molecular weight is 371 g/mol. The van der Waals surface area contributed by atoms with Gasteiger partial charge in [0.15, 0.2) is 17.5 Å². The van der Waals surface area contributed by atoms with Gasteiger partial charge in [-0.2, -0.15) is 0 Å². The number of carbonyl (C=O) groups excluding carboxylic acids is 2. The van der Waals surface area contributed by atoms with Crippen LogP contribution in [-0.4, -0.2) is 35.8 Å². The molecule has 0 aliphatic heterocycles. The van der Waals surface area contributed by atoms with Crippen LogP contribution in [0.15, 0.2) is 12.1 Å². The van der Waals surface area contributed by atoms with Gasteiger partial charge in [-0.05, 0) is 37.8 Å². The Morgan fingerprint density at radius 3 is 2.62 bits per heavy atom. The third kappa shape index (κ3) is 4.97. The minimum absolute atomic E-state index is 0.0220. The van der Waals surface area contributed by atoms with E-state index in [9.17, 15) is 22.8 Å². The average Bonchev–Trinajstić information content (AvgIpc) is 2.61. The molecule has 1 aliphatic rings. The Bertz CT molecular complexity index is 669. The first-order valence-electron chi connectivity index (χ1n) is 8.81. The van der Waals surface area contributed by atoms with E-state index in [4.69, 9.17) is 5.73 Å². The molecule has 0 aromatic heterocycles. The van der Waals surface area contributed by atoms with Crippen LogP contribution in [0.25, 0.3) is 0 Å². The van der Waals surface area contributed by atoms with Crippen molar-refractivity contribution in [1.82, 2.24) is 4.90 Å². The van der Waals surface area contributed by atoms with Crippen molar-refractivity contribution in [2.24, 2.45) is 11.7 Å². The summed E-state index contributed by atoms with van der Waals surface area (Å²) < 4.78 is 39.9. The van der Waals surface area contributed by atoms with Crippen molar-refractivity contribution in [3.8, 4) is 0 Å². The summed E-state index contributed by atoms with van der Waals surface area (Å²) in [5.74, 6) is -5.50. The maximum Gasteiger partial charge on any atom is 0.244 e. The third-order valence-electron chi connectivity index (χ3n) is 4.51. The zero-order valence-electron chi connectivity index (χ0n) is 14.7. The number of anilines is 1. The van der Waals surface area contributed by atoms with Crippen LogP contribution in [0, 0.1) is 23.4 Å². The fourth-order valence-corrected chi connectivity index (χ4v) is 3.23. The Morgan fingerprint density at radius 2 is 1.96 bits per heavy atom. The first-order valence-corrected chi connectivity index (χ1v) is 8.81. The molecule has 1 saturated carbocycles. The van der Waals surface area contributed by atoms with Gasteiger partial charge in [-0.15, -0.1) is 0 Å². The van der Waals surface area contributed by atoms with Crippen LogP contribution in [0.5, 0.6) is 0 Å². The van der Waals surface area contributed by atoms with Gasteiger partial charge in [0.25, 0.3) is 0 Å². The normalized spacial score (nSPS) is 19.9. The van der Waals surface area contributed by atoms with Gasteiger partial charge in [-0.3, -0.25) is 9.59 Å². The molecule has 1 aromatic rings. The predicted octanol–water partition coefficient (Wildman–Crippen LogP) is 2.80. The number of carbonyl (C=O) groups is 2. The van der Waals surface area contributed by atoms with Gasteiger partial charge in [0.1, 0.15) is 0 Å². The molecular formula is C18H24F3N3O2. The smallest absolute Gasteiger partial charge is 0.244 e. The molecule has 0 bridgehead atoms. The SMILES string of the molecule is CCCN(CC(=O)Nc1ccc(F)c(F)c1F)C(=O)C1CCCC(N)C1. The fraction of sp³-hybridized carbons (Fsp3) is 0.556. The molecule has 2 amide bonds. The van der Waals surface area contributed by atoms with E-state index < -0.39 is 29.0 Å². The second kappa shape index (κ2) is 9.02. The summed E-state index contributed by atoms with van der Waals surface area (Å²) in [4.78, 5) is 26.3. The van der Waals surface area contributed by atoms with Crippen LogP contribution in [0.2, 0.25) is 0 Å². The summed E-state index contributed by atoms with van der Waals surface area (Å²) in [7, 11) is 0. The van der Waals surface area contributed by atoms with Crippen molar-refractivity contribution in [3.63, 3.8) is 0 Å². The second-order valence-corrected chi connectivity index (χ2v) is 6.65. The summed E-state index contributed by atoms with van der Waals surface area (Å²) in [6, 6.07) is 1.65. The molecule has 2 atom stereocenters. The van der Waals surface area contributed by atoms with Crippen molar-refractivity contribution in [2.45, 2.75) is 45.1 Å². The van der Waals surface area contributed by atoms with Crippen molar-refractivity contribution >= 4 is 17.5 Å². The molecule has 0 radical (unpaired) electrons. The van der Waals surface area contributed by atoms with Crippen LogP contribution in [0.4, 0.5) is 18.9 Å². The van der Waals surface area contributed by atoms with Gasteiger partial charge in [0.2, 0.25) is 11.8 Å².